The number of aromatic nitrogens is 2. The zero-order valence-corrected chi connectivity index (χ0v) is 35.8. The summed E-state index contributed by atoms with van der Waals surface area (Å²) in [5.74, 6) is 0.933. The van der Waals surface area contributed by atoms with Gasteiger partial charge in [-0.3, -0.25) is 14.9 Å². The summed E-state index contributed by atoms with van der Waals surface area (Å²) in [4.78, 5) is 51.5. The van der Waals surface area contributed by atoms with Crippen LogP contribution in [-0.4, -0.2) is 139 Å². The minimum absolute atomic E-state index is 0.0106. The van der Waals surface area contributed by atoms with Gasteiger partial charge in [0, 0.05) is 112 Å². The maximum absolute atomic E-state index is 13.8. The fraction of sp³-hybridized carbons (Fsp3) is 0.468. The quantitative estimate of drug-likeness (QED) is 0.215. The van der Waals surface area contributed by atoms with Gasteiger partial charge >= 0.3 is 6.03 Å². The first kappa shape index (κ1) is 40.8. The second-order valence-corrected chi connectivity index (χ2v) is 17.8. The van der Waals surface area contributed by atoms with Crippen molar-refractivity contribution >= 4 is 46.4 Å². The number of carbonyl (C=O) groups is 3. The lowest BCUT2D eigenvalue weighted by molar-refractivity contribution is -0.134. The molecule has 1 unspecified atom stereocenters. The van der Waals surface area contributed by atoms with Crippen LogP contribution in [0.4, 0.5) is 33.4 Å². The summed E-state index contributed by atoms with van der Waals surface area (Å²) in [6, 6.07) is 23.8. The van der Waals surface area contributed by atoms with Gasteiger partial charge < -0.3 is 49.7 Å². The van der Waals surface area contributed by atoms with Crippen molar-refractivity contribution in [2.75, 3.05) is 91.4 Å². The van der Waals surface area contributed by atoms with Crippen molar-refractivity contribution in [2.45, 2.75) is 75.2 Å². The third kappa shape index (κ3) is 8.00. The van der Waals surface area contributed by atoms with Gasteiger partial charge in [-0.15, -0.1) is 10.2 Å². The third-order valence-corrected chi connectivity index (χ3v) is 14.0. The summed E-state index contributed by atoms with van der Waals surface area (Å²) in [5, 5.41) is 21.5. The van der Waals surface area contributed by atoms with Gasteiger partial charge in [-0.25, -0.2) is 4.79 Å². The summed E-state index contributed by atoms with van der Waals surface area (Å²) in [6.07, 6.45) is 5.10. The summed E-state index contributed by atoms with van der Waals surface area (Å²) in [5.41, 5.74) is 13.0. The number of benzene rings is 3. The Kier molecular flexibility index (Phi) is 11.1. The number of nitrogen functional groups attached to an aromatic ring is 1. The molecule has 4 N–H and O–H groups in total. The molecule has 5 saturated heterocycles. The van der Waals surface area contributed by atoms with Gasteiger partial charge in [0.25, 0.3) is 0 Å². The highest BCUT2D eigenvalue weighted by molar-refractivity contribution is 6.02. The van der Waals surface area contributed by atoms with Gasteiger partial charge in [0.05, 0.1) is 36.7 Å². The highest BCUT2D eigenvalue weighted by Gasteiger charge is 2.40. The van der Waals surface area contributed by atoms with Crippen molar-refractivity contribution in [2.24, 2.45) is 0 Å². The fourth-order valence-electron chi connectivity index (χ4n) is 10.7. The van der Waals surface area contributed by atoms with Crippen molar-refractivity contribution in [3.63, 3.8) is 0 Å². The van der Waals surface area contributed by atoms with Crippen LogP contribution in [0.25, 0.3) is 11.3 Å². The van der Waals surface area contributed by atoms with Crippen LogP contribution < -0.4 is 35.4 Å². The Morgan fingerprint density at radius 2 is 1.57 bits per heavy atom. The Balaban J connectivity index is 0.719. The number of piperazine rings is 1. The van der Waals surface area contributed by atoms with Crippen molar-refractivity contribution < 1.29 is 29.0 Å². The smallest absolute Gasteiger partial charge is 0.319 e. The largest absolute Gasteiger partial charge is 0.507 e. The van der Waals surface area contributed by atoms with Gasteiger partial charge in [0.2, 0.25) is 11.8 Å². The van der Waals surface area contributed by atoms with E-state index in [-0.39, 0.29) is 53.9 Å². The number of nitrogens with zero attached hydrogens (tertiary/aromatic N) is 8. The number of fused-ring (bicyclic) bond motifs is 3. The SMILES string of the molecule is CN(C(=O)N1CCC(Oc2cccc(N3[C@H]4COC[C@H]3CN(c3cc(-c5ccccc5O)nnc3N)C4)c2)CC1)C1CCN(c2cccc3c2CCN3C2CCC(=O)NC2=O)CC1. The van der Waals surface area contributed by atoms with E-state index in [1.165, 1.54) is 11.3 Å². The van der Waals surface area contributed by atoms with E-state index < -0.39 is 0 Å². The number of aromatic hydroxyl groups is 1. The summed E-state index contributed by atoms with van der Waals surface area (Å²) < 4.78 is 12.7. The number of carbonyl (C=O) groups excluding carboxylic acids is 3. The van der Waals surface area contributed by atoms with Crippen molar-refractivity contribution in [1.29, 1.82) is 0 Å². The minimum Gasteiger partial charge on any atom is -0.507 e. The standard InChI is InChI=1S/C47H56N10O6/c1-52(30-14-19-53(20-15-30)39-9-5-10-40-37(39)18-23-56(40)41-12-13-44(59)49-46(41)60)47(61)54-21-16-34(17-22-54)63-35-7-4-6-31(24-35)57-32-26-55(27-33(57)29-62-28-32)42-25-38(50-51-45(42)48)36-8-2-3-11-43(36)58/h2-11,24-25,30,32-34,41,58H,12-23,26-29H2,1H3,(H2,48,51)(H,49,59,60)/t32-,33-,41?/m1/s1. The predicted octanol–water partition coefficient (Wildman–Crippen LogP) is 4.26. The van der Waals surface area contributed by atoms with Crippen LogP contribution in [0.2, 0.25) is 0 Å². The molecule has 4 aromatic rings. The molecule has 0 aliphatic carbocycles. The van der Waals surface area contributed by atoms with E-state index in [0.29, 0.717) is 69.3 Å². The van der Waals surface area contributed by atoms with Crippen LogP contribution in [0.3, 0.4) is 0 Å². The van der Waals surface area contributed by atoms with Crippen LogP contribution in [0.1, 0.15) is 44.1 Å². The Labute approximate surface area is 367 Å². The molecular formula is C47H56N10O6. The first-order chi connectivity index (χ1) is 30.7. The predicted molar refractivity (Wildman–Crippen MR) is 240 cm³/mol. The second kappa shape index (κ2) is 17.1. The van der Waals surface area contributed by atoms with Crippen molar-refractivity contribution in [3.8, 4) is 22.8 Å². The number of phenols is 1. The lowest BCUT2D eigenvalue weighted by atomic mass is 10.0. The molecule has 5 fully saturated rings. The Morgan fingerprint density at radius 1 is 0.825 bits per heavy atom. The molecule has 16 heteroatoms. The second-order valence-electron chi connectivity index (χ2n) is 17.8. The molecule has 330 valence electrons. The average molecular weight is 857 g/mol. The zero-order valence-electron chi connectivity index (χ0n) is 35.8. The Morgan fingerprint density at radius 3 is 2.33 bits per heavy atom. The summed E-state index contributed by atoms with van der Waals surface area (Å²) in [6.45, 7) is 6.28. The minimum atomic E-state index is -0.311. The maximum Gasteiger partial charge on any atom is 0.319 e. The summed E-state index contributed by atoms with van der Waals surface area (Å²) in [7, 11) is 1.95. The number of piperidine rings is 3. The number of para-hydroxylation sites is 1. The van der Waals surface area contributed by atoms with Crippen LogP contribution in [-0.2, 0) is 20.7 Å². The number of hydrogen-bond acceptors (Lipinski definition) is 13. The number of amides is 4. The van der Waals surface area contributed by atoms with Crippen LogP contribution >= 0.6 is 0 Å². The number of morpholine rings is 1. The van der Waals surface area contributed by atoms with Gasteiger partial charge in [-0.05, 0) is 68.1 Å². The Hall–Kier alpha value is -6.29. The number of imide groups is 1. The number of ether oxygens (including phenoxy) is 2. The van der Waals surface area contributed by atoms with E-state index in [2.05, 4.69) is 71.5 Å². The van der Waals surface area contributed by atoms with Gasteiger partial charge in [0.15, 0.2) is 5.82 Å². The van der Waals surface area contributed by atoms with Gasteiger partial charge in [-0.2, -0.15) is 0 Å². The molecule has 7 heterocycles. The molecule has 2 bridgehead atoms. The molecule has 3 aromatic carbocycles. The highest BCUT2D eigenvalue weighted by Crippen LogP contribution is 2.40. The number of hydrogen-bond donors (Lipinski definition) is 3. The number of likely N-dealkylation sites (tertiary alicyclic amines) is 1. The highest BCUT2D eigenvalue weighted by atomic mass is 16.5. The van der Waals surface area contributed by atoms with Crippen LogP contribution in [0.15, 0.2) is 72.8 Å². The molecule has 1 aromatic heterocycles. The van der Waals surface area contributed by atoms with E-state index >= 15 is 0 Å². The molecule has 0 radical (unpaired) electrons. The molecule has 6 aliphatic rings. The molecule has 63 heavy (non-hydrogen) atoms. The monoisotopic (exact) mass is 856 g/mol. The first-order valence-electron chi connectivity index (χ1n) is 22.5. The van der Waals surface area contributed by atoms with Gasteiger partial charge in [0.1, 0.15) is 23.6 Å². The fourth-order valence-corrected chi connectivity index (χ4v) is 10.7. The normalized spacial score (nSPS) is 23.1. The zero-order chi connectivity index (χ0) is 43.2. The van der Waals surface area contributed by atoms with Crippen LogP contribution in [0.5, 0.6) is 11.5 Å². The number of anilines is 5. The number of rotatable bonds is 8. The summed E-state index contributed by atoms with van der Waals surface area (Å²) >= 11 is 0. The molecule has 6 aliphatic heterocycles. The lowest BCUT2D eigenvalue weighted by Crippen LogP contribution is -2.65. The lowest BCUT2D eigenvalue weighted by Gasteiger charge is -2.51. The molecule has 3 atom stereocenters. The molecule has 0 spiro atoms. The number of phenolic OH excluding ortho intramolecular Hbond substituents is 1. The molecule has 4 amide bonds. The van der Waals surface area contributed by atoms with E-state index in [4.69, 9.17) is 15.2 Å². The average Bonchev–Trinajstić information content (AvgIpc) is 3.73. The third-order valence-electron chi connectivity index (χ3n) is 14.0. The maximum atomic E-state index is 13.8. The number of nitrogens with one attached hydrogen (secondary N) is 1. The van der Waals surface area contributed by atoms with E-state index in [0.717, 1.165) is 74.6 Å². The molecule has 16 nitrogen and oxygen atoms in total. The molecular weight excluding hydrogens is 801 g/mol. The number of urea groups is 1. The molecule has 10 rings (SSSR count). The first-order valence-corrected chi connectivity index (χ1v) is 22.5. The van der Waals surface area contributed by atoms with Crippen molar-refractivity contribution in [1.82, 2.24) is 25.3 Å². The van der Waals surface area contributed by atoms with E-state index in [1.807, 2.05) is 41.1 Å². The molecule has 0 saturated carbocycles. The van der Waals surface area contributed by atoms with Crippen LogP contribution in [0, 0.1) is 0 Å². The topological polar surface area (TPSA) is 173 Å². The van der Waals surface area contributed by atoms with E-state index in [9.17, 15) is 19.5 Å². The van der Waals surface area contributed by atoms with Gasteiger partial charge in [-0.1, -0.05) is 24.3 Å². The van der Waals surface area contributed by atoms with E-state index in [1.54, 1.807) is 12.1 Å². The number of nitrogens with two attached hydrogens (primary N) is 1. The van der Waals surface area contributed by atoms with Crippen molar-refractivity contribution in [3.05, 3.63) is 78.4 Å². The Bertz CT molecular complexity index is 2350.